The fraction of sp³-hybridized carbons (Fsp3) is 0.926. The summed E-state index contributed by atoms with van der Waals surface area (Å²) in [5, 5.41) is 32.7. The minimum atomic E-state index is -1.00. The van der Waals surface area contributed by atoms with Gasteiger partial charge in [-0.2, -0.15) is 0 Å². The summed E-state index contributed by atoms with van der Waals surface area (Å²) >= 11 is 0. The Morgan fingerprint density at radius 2 is 1.80 bits per heavy atom. The minimum absolute atomic E-state index is 0.124. The van der Waals surface area contributed by atoms with Crippen LogP contribution >= 0.6 is 0 Å². The highest BCUT2D eigenvalue weighted by Gasteiger charge is 2.62. The quantitative estimate of drug-likeness (QED) is 0.519. The van der Waals surface area contributed by atoms with Crippen LogP contribution in [0.25, 0.3) is 0 Å². The summed E-state index contributed by atoms with van der Waals surface area (Å²) in [5.41, 5.74) is 0.914. The lowest BCUT2D eigenvalue weighted by Gasteiger charge is -2.59. The molecule has 0 heterocycles. The van der Waals surface area contributed by atoms with E-state index in [4.69, 9.17) is 0 Å². The van der Waals surface area contributed by atoms with Gasteiger partial charge < -0.3 is 15.3 Å². The van der Waals surface area contributed by atoms with Gasteiger partial charge in [0.25, 0.3) is 0 Å². The number of fused-ring (bicyclic) bond motifs is 5. The van der Waals surface area contributed by atoms with E-state index in [0.29, 0.717) is 24.2 Å². The van der Waals surface area contributed by atoms with Gasteiger partial charge in [0.05, 0.1) is 17.8 Å². The lowest BCUT2D eigenvalue weighted by atomic mass is 9.46. The predicted octanol–water partition coefficient (Wildman–Crippen LogP) is 5.47. The maximum atomic E-state index is 11.6. The Labute approximate surface area is 184 Å². The molecular formula is C27H46O3. The van der Waals surface area contributed by atoms with E-state index in [1.54, 1.807) is 0 Å². The highest BCUT2D eigenvalue weighted by Crippen LogP contribution is 2.67. The van der Waals surface area contributed by atoms with E-state index in [-0.39, 0.29) is 22.9 Å². The van der Waals surface area contributed by atoms with Crippen molar-refractivity contribution in [1.29, 1.82) is 0 Å². The van der Waals surface area contributed by atoms with Gasteiger partial charge in [-0.1, -0.05) is 39.3 Å². The van der Waals surface area contributed by atoms with Crippen molar-refractivity contribution >= 4 is 0 Å². The smallest absolute Gasteiger partial charge is 0.0910 e. The molecule has 0 saturated heterocycles. The second-order valence-electron chi connectivity index (χ2n) is 12.5. The number of aliphatic hydroxyl groups excluding tert-OH is 2. The average Bonchev–Trinajstić information content (AvgIpc) is 3.04. The lowest BCUT2D eigenvalue weighted by Crippen LogP contribution is -2.55. The Bertz CT molecular complexity index is 667. The van der Waals surface area contributed by atoms with Crippen molar-refractivity contribution in [1.82, 2.24) is 0 Å². The molecule has 0 spiro atoms. The molecular weight excluding hydrogens is 372 g/mol. The highest BCUT2D eigenvalue weighted by atomic mass is 16.3. The summed E-state index contributed by atoms with van der Waals surface area (Å²) in [6.45, 7) is 11.2. The van der Waals surface area contributed by atoms with Crippen molar-refractivity contribution in [3.8, 4) is 0 Å². The first kappa shape index (κ1) is 22.8. The van der Waals surface area contributed by atoms with Crippen LogP contribution in [0.3, 0.4) is 0 Å². The van der Waals surface area contributed by atoms with Crippen LogP contribution in [-0.4, -0.2) is 33.1 Å². The Kier molecular flexibility index (Phi) is 5.99. The highest BCUT2D eigenvalue weighted by molar-refractivity contribution is 5.25. The van der Waals surface area contributed by atoms with Crippen molar-refractivity contribution in [3.63, 3.8) is 0 Å². The Balaban J connectivity index is 1.55. The van der Waals surface area contributed by atoms with Gasteiger partial charge in [-0.3, -0.25) is 0 Å². The molecule has 4 aliphatic carbocycles. The van der Waals surface area contributed by atoms with Crippen LogP contribution < -0.4 is 0 Å². The summed E-state index contributed by atoms with van der Waals surface area (Å²) in [6.07, 6.45) is 12.1. The predicted molar refractivity (Wildman–Crippen MR) is 122 cm³/mol. The first-order chi connectivity index (χ1) is 14.0. The SMILES string of the molecule is CC(C)CCC(O)[C@](C)(O)C1CCC2C3CC=C4CC(O)CC[C@]4(C)C3CC[C@@]21C. The molecule has 9 atom stereocenters. The average molecular weight is 419 g/mol. The molecule has 3 N–H and O–H groups in total. The molecule has 0 bridgehead atoms. The Morgan fingerprint density at radius 1 is 1.07 bits per heavy atom. The van der Waals surface area contributed by atoms with E-state index in [1.165, 1.54) is 24.8 Å². The van der Waals surface area contributed by atoms with Crippen LogP contribution in [0, 0.1) is 40.4 Å². The number of allylic oxidation sites excluding steroid dienone is 1. The molecule has 172 valence electrons. The summed E-state index contributed by atoms with van der Waals surface area (Å²) in [5.74, 6) is 2.80. The van der Waals surface area contributed by atoms with Crippen molar-refractivity contribution in [2.75, 3.05) is 0 Å². The van der Waals surface area contributed by atoms with Gasteiger partial charge in [0, 0.05) is 0 Å². The fourth-order valence-corrected chi connectivity index (χ4v) is 8.62. The van der Waals surface area contributed by atoms with Gasteiger partial charge in [-0.25, -0.2) is 0 Å². The van der Waals surface area contributed by atoms with Crippen LogP contribution in [0.4, 0.5) is 0 Å². The van der Waals surface area contributed by atoms with Gasteiger partial charge in [-0.15, -0.1) is 0 Å². The Hall–Kier alpha value is -0.380. The summed E-state index contributed by atoms with van der Waals surface area (Å²) in [7, 11) is 0. The summed E-state index contributed by atoms with van der Waals surface area (Å²) in [4.78, 5) is 0. The van der Waals surface area contributed by atoms with Gasteiger partial charge in [0.2, 0.25) is 0 Å². The molecule has 30 heavy (non-hydrogen) atoms. The molecule has 0 aliphatic heterocycles. The second-order valence-corrected chi connectivity index (χ2v) is 12.5. The zero-order valence-corrected chi connectivity index (χ0v) is 20.0. The van der Waals surface area contributed by atoms with Crippen LogP contribution in [0.2, 0.25) is 0 Å². The number of hydrogen-bond acceptors (Lipinski definition) is 3. The van der Waals surface area contributed by atoms with Crippen LogP contribution in [0.5, 0.6) is 0 Å². The lowest BCUT2D eigenvalue weighted by molar-refractivity contribution is -0.151. The first-order valence-electron chi connectivity index (χ1n) is 12.8. The molecule has 0 amide bonds. The third kappa shape index (κ3) is 3.52. The maximum Gasteiger partial charge on any atom is 0.0910 e. The standard InChI is InChI=1S/C27H46O3/c1-17(2)6-11-24(29)27(5,30)23-10-9-21-20-8-7-18-16-19(28)12-14-25(18,3)22(20)13-15-26(21,23)4/h7,17,19-24,28-30H,6,8-16H2,1-5H3/t19?,20?,21?,22?,23?,24?,25-,26-,27+/m0/s1. The van der Waals surface area contributed by atoms with E-state index in [0.717, 1.165) is 44.4 Å². The molecule has 3 saturated carbocycles. The van der Waals surface area contributed by atoms with E-state index in [1.807, 2.05) is 6.92 Å². The van der Waals surface area contributed by atoms with Gasteiger partial charge in [-0.05, 0) is 112 Å². The molecule has 0 aromatic rings. The normalized spacial score (nSPS) is 46.4. The summed E-state index contributed by atoms with van der Waals surface area (Å²) < 4.78 is 0. The molecule has 4 rings (SSSR count). The molecule has 4 aliphatic rings. The second kappa shape index (κ2) is 7.89. The van der Waals surface area contributed by atoms with Crippen molar-refractivity contribution in [2.24, 2.45) is 40.4 Å². The third-order valence-electron chi connectivity index (χ3n) is 10.5. The zero-order valence-electron chi connectivity index (χ0n) is 20.0. The molecule has 3 nitrogen and oxygen atoms in total. The monoisotopic (exact) mass is 418 g/mol. The van der Waals surface area contributed by atoms with Crippen molar-refractivity contribution < 1.29 is 15.3 Å². The van der Waals surface area contributed by atoms with E-state index >= 15 is 0 Å². The molecule has 3 heteroatoms. The largest absolute Gasteiger partial charge is 0.393 e. The topological polar surface area (TPSA) is 60.7 Å². The van der Waals surface area contributed by atoms with Crippen LogP contribution in [0.1, 0.15) is 98.8 Å². The Morgan fingerprint density at radius 3 is 2.50 bits per heavy atom. The number of rotatable bonds is 5. The maximum absolute atomic E-state index is 11.6. The molecule has 3 fully saturated rings. The van der Waals surface area contributed by atoms with Crippen molar-refractivity contribution in [2.45, 2.75) is 117 Å². The number of aliphatic hydroxyl groups is 3. The van der Waals surface area contributed by atoms with E-state index in [9.17, 15) is 15.3 Å². The molecule has 6 unspecified atom stereocenters. The fourth-order valence-electron chi connectivity index (χ4n) is 8.62. The zero-order chi connectivity index (χ0) is 21.9. The van der Waals surface area contributed by atoms with Crippen LogP contribution in [0.15, 0.2) is 11.6 Å². The van der Waals surface area contributed by atoms with E-state index < -0.39 is 11.7 Å². The van der Waals surface area contributed by atoms with E-state index in [2.05, 4.69) is 33.8 Å². The number of hydrogen-bond donors (Lipinski definition) is 3. The van der Waals surface area contributed by atoms with Gasteiger partial charge >= 0.3 is 0 Å². The summed E-state index contributed by atoms with van der Waals surface area (Å²) in [6, 6.07) is 0. The van der Waals surface area contributed by atoms with Gasteiger partial charge in [0.15, 0.2) is 0 Å². The minimum Gasteiger partial charge on any atom is -0.393 e. The van der Waals surface area contributed by atoms with Crippen molar-refractivity contribution in [3.05, 3.63) is 11.6 Å². The van der Waals surface area contributed by atoms with Crippen LogP contribution in [-0.2, 0) is 0 Å². The third-order valence-corrected chi connectivity index (χ3v) is 10.5. The molecule has 0 aromatic heterocycles. The molecule has 0 aromatic carbocycles. The first-order valence-corrected chi connectivity index (χ1v) is 12.8. The van der Waals surface area contributed by atoms with Gasteiger partial charge in [0.1, 0.15) is 0 Å². The molecule has 0 radical (unpaired) electrons.